The number of hydrogen-bond donors (Lipinski definition) is 1. The minimum absolute atomic E-state index is 0.00981. The van der Waals surface area contributed by atoms with Gasteiger partial charge in [0.25, 0.3) is 0 Å². The highest BCUT2D eigenvalue weighted by atomic mass is 32.2. The van der Waals surface area contributed by atoms with Crippen molar-refractivity contribution in [3.05, 3.63) is 24.0 Å². The van der Waals surface area contributed by atoms with Crippen LogP contribution in [-0.2, 0) is 9.84 Å². The fourth-order valence-corrected chi connectivity index (χ4v) is 3.48. The third-order valence-electron chi connectivity index (χ3n) is 3.13. The summed E-state index contributed by atoms with van der Waals surface area (Å²) in [5, 5.41) is 0. The minimum Gasteiger partial charge on any atom is -0.399 e. The zero-order valence-corrected chi connectivity index (χ0v) is 10.9. The Labute approximate surface area is 107 Å². The zero-order chi connectivity index (χ0) is 13.2. The second-order valence-electron chi connectivity index (χ2n) is 4.59. The highest BCUT2D eigenvalue weighted by molar-refractivity contribution is 7.91. The molecular formula is C12H17FN2O2S. The summed E-state index contributed by atoms with van der Waals surface area (Å²) in [6.07, 6.45) is 2.24. The summed E-state index contributed by atoms with van der Waals surface area (Å²) in [6, 6.07) is 3.44. The van der Waals surface area contributed by atoms with Gasteiger partial charge in [-0.2, -0.15) is 0 Å². The van der Waals surface area contributed by atoms with Gasteiger partial charge in [0.2, 0.25) is 0 Å². The molecule has 0 aliphatic carbocycles. The maximum absolute atomic E-state index is 13.1. The van der Waals surface area contributed by atoms with Crippen molar-refractivity contribution >= 4 is 15.5 Å². The molecule has 0 aromatic heterocycles. The van der Waals surface area contributed by atoms with Crippen molar-refractivity contribution in [3.8, 4) is 0 Å². The van der Waals surface area contributed by atoms with Crippen molar-refractivity contribution < 1.29 is 12.8 Å². The van der Waals surface area contributed by atoms with E-state index in [1.165, 1.54) is 6.07 Å². The maximum Gasteiger partial charge on any atom is 0.179 e. The van der Waals surface area contributed by atoms with Crippen LogP contribution in [0.4, 0.5) is 10.1 Å². The lowest BCUT2D eigenvalue weighted by Crippen LogP contribution is -2.26. The molecule has 6 heteroatoms. The third-order valence-corrected chi connectivity index (χ3v) is 4.80. The van der Waals surface area contributed by atoms with Crippen LogP contribution >= 0.6 is 0 Å². The molecule has 1 saturated heterocycles. The summed E-state index contributed by atoms with van der Waals surface area (Å²) < 4.78 is 37.2. The molecule has 0 unspecified atom stereocenters. The lowest BCUT2D eigenvalue weighted by molar-refractivity contribution is 0.359. The molecular weight excluding hydrogens is 255 g/mol. The predicted molar refractivity (Wildman–Crippen MR) is 68.5 cm³/mol. The molecule has 4 nitrogen and oxygen atoms in total. The molecule has 0 spiro atoms. The van der Waals surface area contributed by atoms with E-state index in [4.69, 9.17) is 5.73 Å². The van der Waals surface area contributed by atoms with E-state index in [0.29, 0.717) is 6.54 Å². The topological polar surface area (TPSA) is 63.4 Å². The van der Waals surface area contributed by atoms with Gasteiger partial charge >= 0.3 is 0 Å². The lowest BCUT2D eigenvalue weighted by Gasteiger charge is -2.14. The number of nitrogens with two attached hydrogens (primary N) is 1. The quantitative estimate of drug-likeness (QED) is 0.839. The molecule has 0 bridgehead atoms. The number of likely N-dealkylation sites (tertiary alicyclic amines) is 1. The molecule has 1 aromatic rings. The van der Waals surface area contributed by atoms with E-state index < -0.39 is 15.7 Å². The Bertz CT molecular complexity index is 505. The molecule has 1 fully saturated rings. The first-order valence-corrected chi connectivity index (χ1v) is 7.64. The van der Waals surface area contributed by atoms with Gasteiger partial charge in [0.15, 0.2) is 9.84 Å². The summed E-state index contributed by atoms with van der Waals surface area (Å²) in [4.78, 5) is 2.08. The van der Waals surface area contributed by atoms with Crippen LogP contribution in [0.15, 0.2) is 23.1 Å². The summed E-state index contributed by atoms with van der Waals surface area (Å²) in [5.74, 6) is -0.606. The average molecular weight is 272 g/mol. The Morgan fingerprint density at radius 3 is 2.50 bits per heavy atom. The highest BCUT2D eigenvalue weighted by Gasteiger charge is 2.19. The van der Waals surface area contributed by atoms with E-state index in [1.807, 2.05) is 0 Å². The summed E-state index contributed by atoms with van der Waals surface area (Å²) in [5.41, 5.74) is 5.59. The molecule has 100 valence electrons. The second kappa shape index (κ2) is 5.24. The van der Waals surface area contributed by atoms with Gasteiger partial charge in [-0.25, -0.2) is 12.8 Å². The van der Waals surface area contributed by atoms with Crippen LogP contribution in [0, 0.1) is 5.82 Å². The molecule has 2 rings (SSSR count). The largest absolute Gasteiger partial charge is 0.399 e. The van der Waals surface area contributed by atoms with Crippen molar-refractivity contribution in [2.45, 2.75) is 17.7 Å². The molecule has 0 radical (unpaired) electrons. The molecule has 1 heterocycles. The Hall–Kier alpha value is -1.14. The lowest BCUT2D eigenvalue weighted by atomic mass is 10.3. The van der Waals surface area contributed by atoms with Crippen LogP contribution in [0.25, 0.3) is 0 Å². The fraction of sp³-hybridized carbons (Fsp3) is 0.500. The van der Waals surface area contributed by atoms with E-state index in [2.05, 4.69) is 4.90 Å². The number of nitrogens with zero attached hydrogens (tertiary/aromatic N) is 1. The molecule has 1 aliphatic heterocycles. The fourth-order valence-electron chi connectivity index (χ4n) is 2.14. The van der Waals surface area contributed by atoms with Gasteiger partial charge in [-0.05, 0) is 44.1 Å². The number of hydrogen-bond acceptors (Lipinski definition) is 4. The SMILES string of the molecule is Nc1cc(F)cc(S(=O)(=O)CCN2CCCC2)c1. The van der Waals surface area contributed by atoms with Gasteiger partial charge in [-0.3, -0.25) is 0 Å². The summed E-state index contributed by atoms with van der Waals surface area (Å²) in [6.45, 7) is 2.39. The van der Waals surface area contributed by atoms with Crippen LogP contribution in [0.5, 0.6) is 0 Å². The minimum atomic E-state index is -3.45. The number of nitrogen functional groups attached to an aromatic ring is 1. The molecule has 0 atom stereocenters. The second-order valence-corrected chi connectivity index (χ2v) is 6.70. The Morgan fingerprint density at radius 1 is 1.22 bits per heavy atom. The van der Waals surface area contributed by atoms with Crippen molar-refractivity contribution in [1.82, 2.24) is 4.90 Å². The van der Waals surface area contributed by atoms with Crippen LogP contribution in [0.2, 0.25) is 0 Å². The van der Waals surface area contributed by atoms with Gasteiger partial charge < -0.3 is 10.6 Å². The van der Waals surface area contributed by atoms with E-state index in [-0.39, 0.29) is 16.3 Å². The maximum atomic E-state index is 13.1. The van der Waals surface area contributed by atoms with E-state index in [1.54, 1.807) is 0 Å². The molecule has 0 amide bonds. The first-order chi connectivity index (χ1) is 8.47. The van der Waals surface area contributed by atoms with E-state index in [9.17, 15) is 12.8 Å². The number of anilines is 1. The van der Waals surface area contributed by atoms with Crippen molar-refractivity contribution in [3.63, 3.8) is 0 Å². The normalized spacial score (nSPS) is 17.2. The summed E-state index contributed by atoms with van der Waals surface area (Å²) in [7, 11) is -3.45. The van der Waals surface area contributed by atoms with Gasteiger partial charge in [0.1, 0.15) is 5.82 Å². The number of halogens is 1. The summed E-state index contributed by atoms with van der Waals surface area (Å²) >= 11 is 0. The van der Waals surface area contributed by atoms with Crippen LogP contribution in [0.1, 0.15) is 12.8 Å². The third kappa shape index (κ3) is 3.20. The van der Waals surface area contributed by atoms with E-state index >= 15 is 0 Å². The highest BCUT2D eigenvalue weighted by Crippen LogP contribution is 2.18. The average Bonchev–Trinajstić information content (AvgIpc) is 2.78. The molecule has 2 N–H and O–H groups in total. The van der Waals surface area contributed by atoms with Gasteiger partial charge in [0, 0.05) is 12.2 Å². The monoisotopic (exact) mass is 272 g/mol. The predicted octanol–water partition coefficient (Wildman–Crippen LogP) is 1.28. The van der Waals surface area contributed by atoms with Crippen LogP contribution in [0.3, 0.4) is 0 Å². The first kappa shape index (κ1) is 13.3. The smallest absolute Gasteiger partial charge is 0.179 e. The van der Waals surface area contributed by atoms with Crippen molar-refractivity contribution in [1.29, 1.82) is 0 Å². The van der Waals surface area contributed by atoms with Crippen LogP contribution in [-0.4, -0.2) is 38.7 Å². The number of benzene rings is 1. The molecule has 1 aromatic carbocycles. The Morgan fingerprint density at radius 2 is 1.89 bits per heavy atom. The number of rotatable bonds is 4. The van der Waals surface area contributed by atoms with Crippen molar-refractivity contribution in [2.75, 3.05) is 31.1 Å². The molecule has 18 heavy (non-hydrogen) atoms. The zero-order valence-electron chi connectivity index (χ0n) is 10.1. The van der Waals surface area contributed by atoms with Crippen molar-refractivity contribution in [2.24, 2.45) is 0 Å². The van der Waals surface area contributed by atoms with Gasteiger partial charge in [0.05, 0.1) is 10.6 Å². The van der Waals surface area contributed by atoms with Gasteiger partial charge in [-0.15, -0.1) is 0 Å². The molecule has 1 aliphatic rings. The number of sulfone groups is 1. The molecule has 0 saturated carbocycles. The van der Waals surface area contributed by atoms with E-state index in [0.717, 1.165) is 38.1 Å². The van der Waals surface area contributed by atoms with Crippen LogP contribution < -0.4 is 5.73 Å². The standard InChI is InChI=1S/C12H17FN2O2S/c13-10-7-11(14)9-12(8-10)18(16,17)6-5-15-3-1-2-4-15/h7-9H,1-6,14H2. The Balaban J connectivity index is 2.09. The Kier molecular flexibility index (Phi) is 3.87. The van der Waals surface area contributed by atoms with Gasteiger partial charge in [-0.1, -0.05) is 0 Å². The first-order valence-electron chi connectivity index (χ1n) is 5.98.